The van der Waals surface area contributed by atoms with Gasteiger partial charge in [-0.2, -0.15) is 0 Å². The third-order valence-corrected chi connectivity index (χ3v) is 1.71. The Morgan fingerprint density at radius 2 is 2.58 bits per heavy atom. The molecule has 1 aromatic rings. The molecule has 66 valence electrons. The number of aromatic nitrogens is 3. The molecule has 5 heteroatoms. The number of hydrogen-bond donors (Lipinski definition) is 1. The summed E-state index contributed by atoms with van der Waals surface area (Å²) in [5.41, 5.74) is 1.06. The van der Waals surface area contributed by atoms with Crippen LogP contribution < -0.4 is 5.32 Å². The maximum absolute atomic E-state index is 3.81. The van der Waals surface area contributed by atoms with Crippen LogP contribution in [0.25, 0.3) is 0 Å². The van der Waals surface area contributed by atoms with Gasteiger partial charge in [-0.25, -0.2) is 0 Å². The van der Waals surface area contributed by atoms with Gasteiger partial charge in [0.1, 0.15) is 0 Å². The molecule has 0 aliphatic carbocycles. The summed E-state index contributed by atoms with van der Waals surface area (Å²) in [7, 11) is 1.87. The second-order valence-electron chi connectivity index (χ2n) is 2.47. The van der Waals surface area contributed by atoms with E-state index in [2.05, 4.69) is 38.1 Å². The summed E-state index contributed by atoms with van der Waals surface area (Å²) in [6.07, 6.45) is 1.74. The Bertz CT molecular complexity index is 268. The van der Waals surface area contributed by atoms with Gasteiger partial charge in [0.05, 0.1) is 11.9 Å². The first kappa shape index (κ1) is 9.41. The van der Waals surface area contributed by atoms with Crippen LogP contribution in [0.5, 0.6) is 0 Å². The fourth-order valence-electron chi connectivity index (χ4n) is 0.797. The van der Waals surface area contributed by atoms with Crippen LogP contribution in [-0.4, -0.2) is 21.5 Å². The Labute approximate surface area is 79.8 Å². The number of hydrogen-bond acceptors (Lipinski definition) is 3. The summed E-state index contributed by atoms with van der Waals surface area (Å²) in [5.74, 6) is 0. The van der Waals surface area contributed by atoms with E-state index in [1.807, 2.05) is 7.05 Å². The number of halogens is 1. The SMILES string of the molecule is C=C(Br)CNCc1cnnn1C. The second-order valence-corrected chi connectivity index (χ2v) is 3.59. The maximum atomic E-state index is 3.81. The van der Waals surface area contributed by atoms with Crippen LogP contribution in [0.15, 0.2) is 17.3 Å². The number of nitrogens with one attached hydrogen (secondary N) is 1. The van der Waals surface area contributed by atoms with Crippen molar-refractivity contribution in [3.8, 4) is 0 Å². The highest BCUT2D eigenvalue weighted by atomic mass is 79.9. The second kappa shape index (κ2) is 4.37. The molecular weight excluding hydrogens is 220 g/mol. The van der Waals surface area contributed by atoms with E-state index in [1.54, 1.807) is 10.9 Å². The zero-order valence-electron chi connectivity index (χ0n) is 6.92. The van der Waals surface area contributed by atoms with Crippen molar-refractivity contribution >= 4 is 15.9 Å². The van der Waals surface area contributed by atoms with Gasteiger partial charge in [-0.3, -0.25) is 4.68 Å². The molecule has 0 amide bonds. The normalized spacial score (nSPS) is 10.2. The molecule has 1 heterocycles. The summed E-state index contributed by atoms with van der Waals surface area (Å²) < 4.78 is 2.68. The molecule has 12 heavy (non-hydrogen) atoms. The minimum Gasteiger partial charge on any atom is -0.307 e. The molecule has 0 aliphatic rings. The van der Waals surface area contributed by atoms with Crippen molar-refractivity contribution in [2.24, 2.45) is 7.05 Å². The summed E-state index contributed by atoms with van der Waals surface area (Å²) in [6.45, 7) is 5.23. The zero-order chi connectivity index (χ0) is 8.97. The van der Waals surface area contributed by atoms with Crippen LogP contribution in [0.2, 0.25) is 0 Å². The van der Waals surface area contributed by atoms with Crippen LogP contribution in [0, 0.1) is 0 Å². The number of nitrogens with zero attached hydrogens (tertiary/aromatic N) is 3. The highest BCUT2D eigenvalue weighted by Gasteiger charge is 1.97. The molecule has 0 radical (unpaired) electrons. The van der Waals surface area contributed by atoms with E-state index in [0.717, 1.165) is 23.3 Å². The Balaban J connectivity index is 2.33. The Kier molecular flexibility index (Phi) is 3.43. The molecule has 0 atom stereocenters. The van der Waals surface area contributed by atoms with E-state index < -0.39 is 0 Å². The number of rotatable bonds is 4. The molecule has 1 N–H and O–H groups in total. The third-order valence-electron chi connectivity index (χ3n) is 1.43. The molecule has 0 saturated heterocycles. The molecular formula is C7H11BrN4. The first-order valence-electron chi connectivity index (χ1n) is 3.57. The molecule has 0 saturated carbocycles. The van der Waals surface area contributed by atoms with Crippen molar-refractivity contribution in [2.45, 2.75) is 6.54 Å². The van der Waals surface area contributed by atoms with Crippen molar-refractivity contribution in [1.29, 1.82) is 0 Å². The van der Waals surface area contributed by atoms with Crippen molar-refractivity contribution in [3.63, 3.8) is 0 Å². The smallest absolute Gasteiger partial charge is 0.0738 e. The topological polar surface area (TPSA) is 42.7 Å². The first-order valence-corrected chi connectivity index (χ1v) is 4.37. The largest absolute Gasteiger partial charge is 0.307 e. The van der Waals surface area contributed by atoms with Gasteiger partial charge in [0.15, 0.2) is 0 Å². The summed E-state index contributed by atoms with van der Waals surface area (Å²) in [5, 5.41) is 10.7. The van der Waals surface area contributed by atoms with Gasteiger partial charge < -0.3 is 5.32 Å². The average molecular weight is 231 g/mol. The van der Waals surface area contributed by atoms with Crippen LogP contribution >= 0.6 is 15.9 Å². The highest BCUT2D eigenvalue weighted by Crippen LogP contribution is 1.98. The average Bonchev–Trinajstić information content (AvgIpc) is 2.36. The standard InChI is InChI=1S/C7H11BrN4/c1-6(8)3-9-4-7-5-10-11-12(7)2/h5,9H,1,3-4H2,2H3. The minimum atomic E-state index is 0.755. The third kappa shape index (κ3) is 2.75. The molecule has 1 aromatic heterocycles. The van der Waals surface area contributed by atoms with Gasteiger partial charge in [-0.15, -0.1) is 5.10 Å². The Morgan fingerprint density at radius 3 is 3.08 bits per heavy atom. The highest BCUT2D eigenvalue weighted by molar-refractivity contribution is 9.11. The molecule has 4 nitrogen and oxygen atoms in total. The minimum absolute atomic E-state index is 0.755. The van der Waals surface area contributed by atoms with E-state index >= 15 is 0 Å². The Hall–Kier alpha value is -0.680. The zero-order valence-corrected chi connectivity index (χ0v) is 8.50. The van der Waals surface area contributed by atoms with Crippen LogP contribution in [-0.2, 0) is 13.6 Å². The van der Waals surface area contributed by atoms with E-state index in [4.69, 9.17) is 0 Å². The van der Waals surface area contributed by atoms with Gasteiger partial charge in [0.2, 0.25) is 0 Å². The molecule has 1 rings (SSSR count). The van der Waals surface area contributed by atoms with E-state index in [9.17, 15) is 0 Å². The van der Waals surface area contributed by atoms with E-state index in [-0.39, 0.29) is 0 Å². The number of aryl methyl sites for hydroxylation is 1. The van der Waals surface area contributed by atoms with E-state index in [0.29, 0.717) is 0 Å². The van der Waals surface area contributed by atoms with Crippen LogP contribution in [0.3, 0.4) is 0 Å². The molecule has 0 fully saturated rings. The van der Waals surface area contributed by atoms with Gasteiger partial charge in [0.25, 0.3) is 0 Å². The van der Waals surface area contributed by atoms with Gasteiger partial charge >= 0.3 is 0 Å². The van der Waals surface area contributed by atoms with Crippen molar-refractivity contribution in [2.75, 3.05) is 6.54 Å². The van der Waals surface area contributed by atoms with Crippen LogP contribution in [0.4, 0.5) is 0 Å². The van der Waals surface area contributed by atoms with Gasteiger partial charge in [-0.1, -0.05) is 27.7 Å². The first-order chi connectivity index (χ1) is 5.70. The monoisotopic (exact) mass is 230 g/mol. The lowest BCUT2D eigenvalue weighted by atomic mass is 10.4. The molecule has 0 aliphatic heterocycles. The Morgan fingerprint density at radius 1 is 1.83 bits per heavy atom. The van der Waals surface area contributed by atoms with Crippen molar-refractivity contribution in [1.82, 2.24) is 20.3 Å². The van der Waals surface area contributed by atoms with Gasteiger partial charge in [-0.05, 0) is 0 Å². The maximum Gasteiger partial charge on any atom is 0.0738 e. The fraction of sp³-hybridized carbons (Fsp3) is 0.429. The lowest BCUT2D eigenvalue weighted by Crippen LogP contribution is -2.16. The van der Waals surface area contributed by atoms with Gasteiger partial charge in [0, 0.05) is 24.6 Å². The summed E-state index contributed by atoms with van der Waals surface area (Å²) >= 11 is 3.26. The predicted octanol–water partition coefficient (Wildman–Crippen LogP) is 0.813. The molecule has 0 bridgehead atoms. The molecule has 0 spiro atoms. The van der Waals surface area contributed by atoms with Crippen LogP contribution in [0.1, 0.15) is 5.69 Å². The summed E-state index contributed by atoms with van der Waals surface area (Å²) in [6, 6.07) is 0. The fourth-order valence-corrected chi connectivity index (χ4v) is 0.995. The predicted molar refractivity (Wildman–Crippen MR) is 50.8 cm³/mol. The molecule has 0 aromatic carbocycles. The quantitative estimate of drug-likeness (QED) is 0.833. The van der Waals surface area contributed by atoms with Crippen molar-refractivity contribution < 1.29 is 0 Å². The summed E-state index contributed by atoms with van der Waals surface area (Å²) in [4.78, 5) is 0. The lowest BCUT2D eigenvalue weighted by molar-refractivity contribution is 0.638. The lowest BCUT2D eigenvalue weighted by Gasteiger charge is -2.01. The molecule has 0 unspecified atom stereocenters. The van der Waals surface area contributed by atoms with E-state index in [1.165, 1.54) is 0 Å². The van der Waals surface area contributed by atoms with Crippen molar-refractivity contribution in [3.05, 3.63) is 23.0 Å².